The van der Waals surface area contributed by atoms with E-state index in [1.54, 1.807) is 0 Å². The average Bonchev–Trinajstić information content (AvgIpc) is 2.42. The predicted octanol–water partition coefficient (Wildman–Crippen LogP) is 3.21. The van der Waals surface area contributed by atoms with Crippen LogP contribution in [0.1, 0.15) is 32.3 Å². The summed E-state index contributed by atoms with van der Waals surface area (Å²) >= 11 is 0. The third-order valence-corrected chi connectivity index (χ3v) is 3.35. The number of hydrogen-bond donors (Lipinski definition) is 1. The maximum atomic E-state index is 3.41. The number of rotatable bonds is 2. The molecule has 1 aliphatic rings. The molecule has 1 saturated heterocycles. The number of para-hydroxylation sites is 1. The van der Waals surface area contributed by atoms with Crippen LogP contribution in [0.4, 0.5) is 5.69 Å². The molecule has 2 rings (SSSR count). The fourth-order valence-corrected chi connectivity index (χ4v) is 2.35. The largest absolute Gasteiger partial charge is 0.371 e. The van der Waals surface area contributed by atoms with Crippen molar-refractivity contribution in [2.75, 3.05) is 25.0 Å². The van der Waals surface area contributed by atoms with Gasteiger partial charge in [-0.3, -0.25) is 0 Å². The normalized spacial score (nSPS) is 16.0. The van der Waals surface area contributed by atoms with E-state index in [0.717, 1.165) is 13.1 Å². The maximum absolute atomic E-state index is 3.41. The molecule has 1 aromatic carbocycles. The molecule has 0 bridgehead atoms. The molecular formula is C15H26N2. The Hall–Kier alpha value is -1.02. The van der Waals surface area contributed by atoms with Gasteiger partial charge in [0.25, 0.3) is 0 Å². The molecule has 0 amide bonds. The Morgan fingerprint density at radius 2 is 1.71 bits per heavy atom. The van der Waals surface area contributed by atoms with Crippen LogP contribution in [-0.2, 0) is 0 Å². The monoisotopic (exact) mass is 234 g/mol. The number of piperidine rings is 1. The van der Waals surface area contributed by atoms with Crippen molar-refractivity contribution in [2.45, 2.75) is 39.7 Å². The zero-order valence-corrected chi connectivity index (χ0v) is 11.7. The fraction of sp³-hybridized carbons (Fsp3) is 0.600. The van der Waals surface area contributed by atoms with Crippen LogP contribution in [0.3, 0.4) is 0 Å². The number of nitrogens with zero attached hydrogens (tertiary/aromatic N) is 1. The van der Waals surface area contributed by atoms with Crippen molar-refractivity contribution in [3.63, 3.8) is 0 Å². The van der Waals surface area contributed by atoms with Crippen molar-refractivity contribution in [1.82, 2.24) is 5.32 Å². The summed E-state index contributed by atoms with van der Waals surface area (Å²) in [5.74, 6) is 0. The second-order valence-electron chi connectivity index (χ2n) is 4.38. The lowest BCUT2D eigenvalue weighted by Gasteiger charge is -2.34. The summed E-state index contributed by atoms with van der Waals surface area (Å²) in [6.07, 6.45) is 2.51. The molecule has 0 aromatic heterocycles. The fourth-order valence-electron chi connectivity index (χ4n) is 2.35. The summed E-state index contributed by atoms with van der Waals surface area (Å²) in [6.45, 7) is 8.49. The molecule has 0 aliphatic carbocycles. The van der Waals surface area contributed by atoms with Crippen LogP contribution in [-0.4, -0.2) is 26.2 Å². The van der Waals surface area contributed by atoms with E-state index in [0.29, 0.717) is 6.04 Å². The number of benzene rings is 1. The maximum Gasteiger partial charge on any atom is 0.0395 e. The van der Waals surface area contributed by atoms with Crippen LogP contribution < -0.4 is 10.2 Å². The Labute approximate surface area is 106 Å². The third-order valence-electron chi connectivity index (χ3n) is 3.35. The minimum absolute atomic E-state index is 0.701. The van der Waals surface area contributed by atoms with E-state index in [9.17, 15) is 0 Å². The molecule has 0 radical (unpaired) electrons. The van der Waals surface area contributed by atoms with E-state index < -0.39 is 0 Å². The molecular weight excluding hydrogens is 208 g/mol. The Morgan fingerprint density at radius 1 is 1.12 bits per heavy atom. The molecule has 1 fully saturated rings. The van der Waals surface area contributed by atoms with Crippen LogP contribution >= 0.6 is 0 Å². The Bertz CT molecular complexity index is 316. The van der Waals surface area contributed by atoms with Gasteiger partial charge in [0.15, 0.2) is 0 Å². The molecule has 0 spiro atoms. The van der Waals surface area contributed by atoms with Crippen molar-refractivity contribution in [3.05, 3.63) is 29.8 Å². The van der Waals surface area contributed by atoms with Gasteiger partial charge in [-0.25, -0.2) is 0 Å². The van der Waals surface area contributed by atoms with E-state index in [1.807, 2.05) is 13.8 Å². The Morgan fingerprint density at radius 3 is 2.29 bits per heavy atom. The van der Waals surface area contributed by atoms with E-state index in [-0.39, 0.29) is 0 Å². The molecule has 1 aliphatic heterocycles. The second-order valence-corrected chi connectivity index (χ2v) is 4.38. The molecule has 2 nitrogen and oxygen atoms in total. The summed E-state index contributed by atoms with van der Waals surface area (Å²) in [4.78, 5) is 2.44. The van der Waals surface area contributed by atoms with Crippen molar-refractivity contribution in [3.8, 4) is 0 Å². The van der Waals surface area contributed by atoms with Gasteiger partial charge in [0, 0.05) is 18.8 Å². The van der Waals surface area contributed by atoms with Gasteiger partial charge < -0.3 is 10.2 Å². The lowest BCUT2D eigenvalue weighted by molar-refractivity contribution is 0.443. The van der Waals surface area contributed by atoms with Crippen LogP contribution in [0.2, 0.25) is 0 Å². The van der Waals surface area contributed by atoms with Crippen LogP contribution in [0.5, 0.6) is 0 Å². The van der Waals surface area contributed by atoms with E-state index in [4.69, 9.17) is 0 Å². The molecule has 0 saturated carbocycles. The van der Waals surface area contributed by atoms with E-state index in [1.165, 1.54) is 24.1 Å². The zero-order chi connectivity index (χ0) is 12.7. The number of anilines is 1. The van der Waals surface area contributed by atoms with Gasteiger partial charge in [0.2, 0.25) is 0 Å². The van der Waals surface area contributed by atoms with Crippen LogP contribution in [0.25, 0.3) is 0 Å². The first-order valence-corrected chi connectivity index (χ1v) is 6.78. The highest BCUT2D eigenvalue weighted by molar-refractivity contribution is 5.53. The Kier molecular flexibility index (Phi) is 6.06. The highest BCUT2D eigenvalue weighted by Crippen LogP contribution is 2.23. The van der Waals surface area contributed by atoms with Crippen molar-refractivity contribution in [1.29, 1.82) is 0 Å². The summed E-state index contributed by atoms with van der Waals surface area (Å²) < 4.78 is 0. The molecule has 1 aromatic rings. The molecule has 17 heavy (non-hydrogen) atoms. The van der Waals surface area contributed by atoms with E-state index in [2.05, 4.69) is 48.5 Å². The van der Waals surface area contributed by atoms with Gasteiger partial charge in [-0.1, -0.05) is 32.0 Å². The zero-order valence-electron chi connectivity index (χ0n) is 11.7. The van der Waals surface area contributed by atoms with Crippen molar-refractivity contribution < 1.29 is 0 Å². The summed E-state index contributed by atoms with van der Waals surface area (Å²) in [5, 5.41) is 3.41. The first-order valence-electron chi connectivity index (χ1n) is 6.78. The molecule has 0 atom stereocenters. The van der Waals surface area contributed by atoms with E-state index >= 15 is 0 Å². The molecule has 0 unspecified atom stereocenters. The smallest absolute Gasteiger partial charge is 0.0395 e. The van der Waals surface area contributed by atoms with Crippen molar-refractivity contribution >= 4 is 5.69 Å². The molecule has 2 heteroatoms. The van der Waals surface area contributed by atoms with Crippen LogP contribution in [0.15, 0.2) is 24.3 Å². The van der Waals surface area contributed by atoms with Gasteiger partial charge in [0.1, 0.15) is 0 Å². The lowest BCUT2D eigenvalue weighted by atomic mass is 10.0. The van der Waals surface area contributed by atoms with Gasteiger partial charge in [-0.2, -0.15) is 0 Å². The van der Waals surface area contributed by atoms with Gasteiger partial charge in [-0.15, -0.1) is 0 Å². The van der Waals surface area contributed by atoms with Crippen molar-refractivity contribution in [2.24, 2.45) is 0 Å². The highest BCUT2D eigenvalue weighted by Gasteiger charge is 2.18. The van der Waals surface area contributed by atoms with Gasteiger partial charge in [0.05, 0.1) is 0 Å². The number of aryl methyl sites for hydroxylation is 1. The lowest BCUT2D eigenvalue weighted by Crippen LogP contribution is -2.41. The summed E-state index contributed by atoms with van der Waals surface area (Å²) in [5.41, 5.74) is 2.75. The quantitative estimate of drug-likeness (QED) is 0.845. The second kappa shape index (κ2) is 7.33. The topological polar surface area (TPSA) is 15.3 Å². The van der Waals surface area contributed by atoms with Gasteiger partial charge in [-0.05, 0) is 44.5 Å². The molecule has 96 valence electrons. The summed E-state index contributed by atoms with van der Waals surface area (Å²) in [7, 11) is 2.22. The van der Waals surface area contributed by atoms with Crippen LogP contribution in [0, 0.1) is 6.92 Å². The minimum atomic E-state index is 0.701. The average molecular weight is 234 g/mol. The Balaban J connectivity index is 0.000000686. The molecule has 1 N–H and O–H groups in total. The molecule has 1 heterocycles. The predicted molar refractivity (Wildman–Crippen MR) is 76.8 cm³/mol. The standard InChI is InChI=1S/C13H20N2.C2H6/c1-11-5-3-4-6-13(11)15(2)12-7-9-14-10-8-12;1-2/h3-6,12,14H,7-10H2,1-2H3;1-2H3. The van der Waals surface area contributed by atoms with Gasteiger partial charge >= 0.3 is 0 Å². The number of nitrogens with one attached hydrogen (secondary N) is 1. The first kappa shape index (κ1) is 14.0. The highest BCUT2D eigenvalue weighted by atomic mass is 15.1. The summed E-state index contributed by atoms with van der Waals surface area (Å²) in [6, 6.07) is 9.34. The minimum Gasteiger partial charge on any atom is -0.371 e. The number of hydrogen-bond acceptors (Lipinski definition) is 2. The first-order chi connectivity index (χ1) is 8.29. The third kappa shape index (κ3) is 3.74. The SMILES string of the molecule is CC.Cc1ccccc1N(C)C1CCNCC1.